The Balaban J connectivity index is 2.27. The number of anilines is 1. The summed E-state index contributed by atoms with van der Waals surface area (Å²) in [7, 11) is 0. The Hall–Kier alpha value is -2.76. The Labute approximate surface area is 115 Å². The molecule has 1 heterocycles. The van der Waals surface area contributed by atoms with Crippen LogP contribution in [0.15, 0.2) is 36.5 Å². The fraction of sp³-hybridized carbons (Fsp3) is 0.143. The maximum absolute atomic E-state index is 12.1. The van der Waals surface area contributed by atoms with Gasteiger partial charge in [0.15, 0.2) is 0 Å². The molecule has 0 aliphatic heterocycles. The van der Waals surface area contributed by atoms with Crippen LogP contribution >= 0.6 is 0 Å². The average molecular weight is 271 g/mol. The largest absolute Gasteiger partial charge is 0.322 e. The van der Waals surface area contributed by atoms with E-state index in [4.69, 9.17) is 0 Å². The van der Waals surface area contributed by atoms with Crippen LogP contribution in [0.5, 0.6) is 0 Å². The summed E-state index contributed by atoms with van der Waals surface area (Å²) >= 11 is 0. The van der Waals surface area contributed by atoms with E-state index in [1.165, 1.54) is 6.07 Å². The molecule has 1 aromatic carbocycles. The van der Waals surface area contributed by atoms with Crippen molar-refractivity contribution >= 4 is 17.3 Å². The minimum Gasteiger partial charge on any atom is -0.322 e. The molecule has 0 radical (unpaired) electrons. The molecule has 0 saturated carbocycles. The Morgan fingerprint density at radius 1 is 1.30 bits per heavy atom. The number of pyridine rings is 1. The molecule has 0 fully saturated rings. The van der Waals surface area contributed by atoms with Crippen LogP contribution in [0, 0.1) is 24.0 Å². The van der Waals surface area contributed by atoms with Crippen LogP contribution in [0.3, 0.4) is 0 Å². The first-order valence-electron chi connectivity index (χ1n) is 5.97. The van der Waals surface area contributed by atoms with Crippen LogP contribution < -0.4 is 5.32 Å². The maximum Gasteiger partial charge on any atom is 0.274 e. The maximum atomic E-state index is 12.1. The number of benzene rings is 1. The summed E-state index contributed by atoms with van der Waals surface area (Å²) in [5.74, 6) is -0.339. The van der Waals surface area contributed by atoms with Crippen LogP contribution in [0.25, 0.3) is 0 Å². The standard InChI is InChI=1S/C14H13N3O3/c1-9-5-6-11(8-13(9)17(19)20)16-14(18)12-4-3-7-15-10(12)2/h3-8H,1-2H3,(H,16,18). The fourth-order valence-electron chi connectivity index (χ4n) is 1.81. The minimum absolute atomic E-state index is 0.0225. The lowest BCUT2D eigenvalue weighted by molar-refractivity contribution is -0.385. The number of hydrogen-bond donors (Lipinski definition) is 1. The molecule has 2 rings (SSSR count). The molecule has 1 aromatic heterocycles. The van der Waals surface area contributed by atoms with Gasteiger partial charge in [-0.25, -0.2) is 0 Å². The number of nitro benzene ring substituents is 1. The van der Waals surface area contributed by atoms with E-state index < -0.39 is 4.92 Å². The summed E-state index contributed by atoms with van der Waals surface area (Å²) < 4.78 is 0. The number of aromatic nitrogens is 1. The average Bonchev–Trinajstić information content (AvgIpc) is 2.41. The second-order valence-corrected chi connectivity index (χ2v) is 4.35. The van der Waals surface area contributed by atoms with Crippen molar-refractivity contribution < 1.29 is 9.72 Å². The number of nitro groups is 1. The van der Waals surface area contributed by atoms with Crippen molar-refractivity contribution in [2.24, 2.45) is 0 Å². The third kappa shape index (κ3) is 2.80. The predicted octanol–water partition coefficient (Wildman–Crippen LogP) is 2.86. The number of aryl methyl sites for hydroxylation is 2. The molecule has 2 aromatic rings. The lowest BCUT2D eigenvalue weighted by Crippen LogP contribution is -2.14. The Morgan fingerprint density at radius 3 is 2.70 bits per heavy atom. The second-order valence-electron chi connectivity index (χ2n) is 4.35. The van der Waals surface area contributed by atoms with E-state index in [0.717, 1.165) is 0 Å². The molecule has 0 spiro atoms. The van der Waals surface area contributed by atoms with E-state index in [1.54, 1.807) is 44.3 Å². The van der Waals surface area contributed by atoms with Crippen LogP contribution in [0.4, 0.5) is 11.4 Å². The lowest BCUT2D eigenvalue weighted by Gasteiger charge is -2.07. The van der Waals surface area contributed by atoms with Crippen molar-refractivity contribution in [3.63, 3.8) is 0 Å². The monoisotopic (exact) mass is 271 g/mol. The third-order valence-corrected chi connectivity index (χ3v) is 2.92. The Bertz CT molecular complexity index is 683. The summed E-state index contributed by atoms with van der Waals surface area (Å²) in [6.45, 7) is 3.38. The molecule has 20 heavy (non-hydrogen) atoms. The summed E-state index contributed by atoms with van der Waals surface area (Å²) in [6.07, 6.45) is 1.60. The minimum atomic E-state index is -0.472. The van der Waals surface area contributed by atoms with Gasteiger partial charge in [0.2, 0.25) is 0 Å². The SMILES string of the molecule is Cc1ccc(NC(=O)c2cccnc2C)cc1[N+](=O)[O-]. The predicted molar refractivity (Wildman–Crippen MR) is 74.8 cm³/mol. The summed E-state index contributed by atoms with van der Waals surface area (Å²) in [4.78, 5) is 26.5. The molecule has 0 atom stereocenters. The van der Waals surface area contributed by atoms with Gasteiger partial charge < -0.3 is 5.32 Å². The van der Waals surface area contributed by atoms with Gasteiger partial charge in [0, 0.05) is 29.2 Å². The van der Waals surface area contributed by atoms with E-state index in [-0.39, 0.29) is 11.6 Å². The molecule has 6 nitrogen and oxygen atoms in total. The molecule has 0 saturated heterocycles. The number of amides is 1. The van der Waals surface area contributed by atoms with Gasteiger partial charge in [0.1, 0.15) is 0 Å². The first kappa shape index (κ1) is 13.7. The van der Waals surface area contributed by atoms with Gasteiger partial charge in [-0.2, -0.15) is 0 Å². The first-order valence-corrected chi connectivity index (χ1v) is 5.97. The van der Waals surface area contributed by atoms with Gasteiger partial charge in [-0.1, -0.05) is 6.07 Å². The topological polar surface area (TPSA) is 85.1 Å². The smallest absolute Gasteiger partial charge is 0.274 e. The quantitative estimate of drug-likeness (QED) is 0.687. The molecule has 0 bridgehead atoms. The van der Waals surface area contributed by atoms with Crippen LogP contribution in [-0.2, 0) is 0 Å². The molecule has 0 unspecified atom stereocenters. The van der Waals surface area contributed by atoms with Crippen LogP contribution in [0.2, 0.25) is 0 Å². The summed E-state index contributed by atoms with van der Waals surface area (Å²) in [5.41, 5.74) is 1.95. The molecular formula is C14H13N3O3. The molecular weight excluding hydrogens is 258 g/mol. The van der Waals surface area contributed by atoms with Crippen LogP contribution in [-0.4, -0.2) is 15.8 Å². The Kier molecular flexibility index (Phi) is 3.74. The van der Waals surface area contributed by atoms with Gasteiger partial charge >= 0.3 is 0 Å². The lowest BCUT2D eigenvalue weighted by atomic mass is 10.1. The molecule has 1 amide bonds. The Morgan fingerprint density at radius 2 is 2.05 bits per heavy atom. The highest BCUT2D eigenvalue weighted by Gasteiger charge is 2.14. The zero-order valence-corrected chi connectivity index (χ0v) is 11.1. The van der Waals surface area contributed by atoms with E-state index in [1.807, 2.05) is 0 Å². The molecule has 0 aliphatic rings. The molecule has 6 heteroatoms. The van der Waals surface area contributed by atoms with Crippen molar-refractivity contribution in [1.29, 1.82) is 0 Å². The van der Waals surface area contributed by atoms with E-state index in [2.05, 4.69) is 10.3 Å². The number of hydrogen-bond acceptors (Lipinski definition) is 4. The number of nitrogens with one attached hydrogen (secondary N) is 1. The van der Waals surface area contributed by atoms with Crippen molar-refractivity contribution in [1.82, 2.24) is 4.98 Å². The number of rotatable bonds is 3. The highest BCUT2D eigenvalue weighted by Crippen LogP contribution is 2.22. The summed E-state index contributed by atoms with van der Waals surface area (Å²) in [5, 5.41) is 13.5. The fourth-order valence-corrected chi connectivity index (χ4v) is 1.81. The zero-order chi connectivity index (χ0) is 14.7. The number of nitrogens with zero attached hydrogens (tertiary/aromatic N) is 2. The number of carbonyl (C=O) groups is 1. The highest BCUT2D eigenvalue weighted by molar-refractivity contribution is 6.05. The zero-order valence-electron chi connectivity index (χ0n) is 11.1. The normalized spacial score (nSPS) is 10.1. The highest BCUT2D eigenvalue weighted by atomic mass is 16.6. The number of carbonyl (C=O) groups excluding carboxylic acids is 1. The van der Waals surface area contributed by atoms with Gasteiger partial charge in [0.25, 0.3) is 11.6 Å². The van der Waals surface area contributed by atoms with Crippen molar-refractivity contribution in [3.05, 3.63) is 63.5 Å². The first-order chi connectivity index (χ1) is 9.49. The van der Waals surface area contributed by atoms with E-state index in [9.17, 15) is 14.9 Å². The van der Waals surface area contributed by atoms with Gasteiger partial charge in [-0.3, -0.25) is 19.9 Å². The van der Waals surface area contributed by atoms with Crippen molar-refractivity contribution in [2.75, 3.05) is 5.32 Å². The van der Waals surface area contributed by atoms with Gasteiger partial charge in [0.05, 0.1) is 10.5 Å². The van der Waals surface area contributed by atoms with Gasteiger partial charge in [-0.15, -0.1) is 0 Å². The molecule has 0 aliphatic carbocycles. The third-order valence-electron chi connectivity index (χ3n) is 2.92. The van der Waals surface area contributed by atoms with Gasteiger partial charge in [-0.05, 0) is 32.0 Å². The van der Waals surface area contributed by atoms with Crippen LogP contribution in [0.1, 0.15) is 21.6 Å². The van der Waals surface area contributed by atoms with Crippen molar-refractivity contribution in [3.8, 4) is 0 Å². The van der Waals surface area contributed by atoms with Crippen molar-refractivity contribution in [2.45, 2.75) is 13.8 Å². The molecule has 1 N–H and O–H groups in total. The summed E-state index contributed by atoms with van der Waals surface area (Å²) in [6, 6.07) is 7.90. The second kappa shape index (κ2) is 5.48. The van der Waals surface area contributed by atoms with E-state index in [0.29, 0.717) is 22.5 Å². The molecule has 102 valence electrons. The van der Waals surface area contributed by atoms with E-state index >= 15 is 0 Å².